The number of carbonyl (C=O) groups excluding carboxylic acids is 1. The topological polar surface area (TPSA) is 72.2 Å². The highest BCUT2D eigenvalue weighted by atomic mass is 32.2. The molecule has 3 heterocycles. The Hall–Kier alpha value is -2.71. The number of para-hydroxylation sites is 1. The number of thiophene rings is 1. The third kappa shape index (κ3) is 4.04. The molecule has 0 saturated carbocycles. The highest BCUT2D eigenvalue weighted by Gasteiger charge is 2.15. The van der Waals surface area contributed by atoms with Crippen LogP contribution in [0.1, 0.15) is 23.4 Å². The van der Waals surface area contributed by atoms with Gasteiger partial charge in [-0.2, -0.15) is 4.98 Å². The smallest absolute Gasteiger partial charge is 0.253 e. The molecule has 8 heteroatoms. The van der Waals surface area contributed by atoms with Crippen molar-refractivity contribution in [1.29, 1.82) is 0 Å². The number of fused-ring (bicyclic) bond motifs is 1. The molecule has 4 aromatic rings. The number of thioether (sulfide) groups is 1. The van der Waals surface area contributed by atoms with Gasteiger partial charge in [-0.1, -0.05) is 36.0 Å². The van der Waals surface area contributed by atoms with Gasteiger partial charge in [0.05, 0.1) is 0 Å². The number of anilines is 1. The number of nitrogens with zero attached hydrogens (tertiary/aromatic N) is 4. The normalized spacial score (nSPS) is 11.1. The van der Waals surface area contributed by atoms with E-state index in [1.54, 1.807) is 15.9 Å². The predicted molar refractivity (Wildman–Crippen MR) is 119 cm³/mol. The molecule has 148 valence electrons. The summed E-state index contributed by atoms with van der Waals surface area (Å²) in [5.74, 6) is 0.582. The Morgan fingerprint density at radius 3 is 2.76 bits per heavy atom. The van der Waals surface area contributed by atoms with E-state index < -0.39 is 0 Å². The maximum Gasteiger partial charge on any atom is 0.253 e. The first-order valence-corrected chi connectivity index (χ1v) is 11.4. The quantitative estimate of drug-likeness (QED) is 0.453. The van der Waals surface area contributed by atoms with Crippen LogP contribution < -0.4 is 5.32 Å². The van der Waals surface area contributed by atoms with Crippen LogP contribution in [0.5, 0.6) is 0 Å². The van der Waals surface area contributed by atoms with E-state index in [0.717, 1.165) is 33.1 Å². The number of benzene rings is 1. The maximum atomic E-state index is 12.7. The van der Waals surface area contributed by atoms with Crippen LogP contribution in [0.15, 0.2) is 46.9 Å². The van der Waals surface area contributed by atoms with E-state index in [0.29, 0.717) is 23.8 Å². The minimum absolute atomic E-state index is 0.0173. The highest BCUT2D eigenvalue weighted by Crippen LogP contribution is 2.31. The second-order valence-corrected chi connectivity index (χ2v) is 8.36. The van der Waals surface area contributed by atoms with Gasteiger partial charge < -0.3 is 5.32 Å². The zero-order chi connectivity index (χ0) is 20.4. The number of carbonyl (C=O) groups is 1. The number of amides is 1. The van der Waals surface area contributed by atoms with Crippen LogP contribution in [0.25, 0.3) is 16.2 Å². The molecule has 6 nitrogen and oxygen atoms in total. The Morgan fingerprint density at radius 2 is 2.00 bits per heavy atom. The number of rotatable bonds is 6. The second kappa shape index (κ2) is 8.34. The number of hydrogen-bond donors (Lipinski definition) is 1. The molecule has 0 fully saturated rings. The van der Waals surface area contributed by atoms with Crippen molar-refractivity contribution in [3.63, 3.8) is 0 Å². The summed E-state index contributed by atoms with van der Waals surface area (Å²) in [5.41, 5.74) is 4.78. The van der Waals surface area contributed by atoms with Gasteiger partial charge in [-0.15, -0.1) is 16.4 Å². The summed E-state index contributed by atoms with van der Waals surface area (Å²) in [6.07, 6.45) is 2.91. The standard InChI is InChI=1S/C21H21N5OS2/c1-13-15(14(2)26-20(22-13)24-21(25-26)28-3)10-11-19(27)23-17-8-5-4-7-16(17)18-9-6-12-29-18/h4-9,12H,10-11H2,1-3H3,(H,23,27). The molecule has 0 aliphatic heterocycles. The van der Waals surface area contributed by atoms with E-state index >= 15 is 0 Å². The monoisotopic (exact) mass is 423 g/mol. The van der Waals surface area contributed by atoms with Gasteiger partial charge in [-0.05, 0) is 49.6 Å². The fourth-order valence-electron chi connectivity index (χ4n) is 3.33. The Balaban J connectivity index is 1.51. The van der Waals surface area contributed by atoms with Gasteiger partial charge in [0.1, 0.15) is 0 Å². The number of aryl methyl sites for hydroxylation is 2. The van der Waals surface area contributed by atoms with E-state index in [9.17, 15) is 4.79 Å². The molecule has 0 unspecified atom stereocenters. The highest BCUT2D eigenvalue weighted by molar-refractivity contribution is 7.98. The van der Waals surface area contributed by atoms with Crippen LogP contribution in [0, 0.1) is 13.8 Å². The Morgan fingerprint density at radius 1 is 1.17 bits per heavy atom. The zero-order valence-electron chi connectivity index (χ0n) is 16.5. The van der Waals surface area contributed by atoms with Crippen molar-refractivity contribution >= 4 is 40.5 Å². The van der Waals surface area contributed by atoms with Crippen molar-refractivity contribution in [2.75, 3.05) is 11.6 Å². The van der Waals surface area contributed by atoms with Crippen molar-refractivity contribution < 1.29 is 4.79 Å². The van der Waals surface area contributed by atoms with E-state index in [-0.39, 0.29) is 5.91 Å². The number of aromatic nitrogens is 4. The van der Waals surface area contributed by atoms with Gasteiger partial charge in [0.2, 0.25) is 11.1 Å². The lowest BCUT2D eigenvalue weighted by molar-refractivity contribution is -0.116. The first-order valence-electron chi connectivity index (χ1n) is 9.26. The van der Waals surface area contributed by atoms with E-state index in [1.807, 2.05) is 55.8 Å². The largest absolute Gasteiger partial charge is 0.325 e. The summed E-state index contributed by atoms with van der Waals surface area (Å²) in [4.78, 5) is 22.8. The van der Waals surface area contributed by atoms with Gasteiger partial charge in [0, 0.05) is 33.9 Å². The minimum Gasteiger partial charge on any atom is -0.325 e. The van der Waals surface area contributed by atoms with E-state index in [4.69, 9.17) is 0 Å². The lowest BCUT2D eigenvalue weighted by Crippen LogP contribution is -2.14. The van der Waals surface area contributed by atoms with Crippen LogP contribution in [0.4, 0.5) is 5.69 Å². The fourth-order valence-corrected chi connectivity index (χ4v) is 4.43. The summed E-state index contributed by atoms with van der Waals surface area (Å²) < 4.78 is 1.76. The summed E-state index contributed by atoms with van der Waals surface area (Å²) in [7, 11) is 0. The van der Waals surface area contributed by atoms with Crippen LogP contribution in [0.3, 0.4) is 0 Å². The molecule has 0 aliphatic rings. The number of nitrogens with one attached hydrogen (secondary N) is 1. The fraction of sp³-hybridized carbons (Fsp3) is 0.238. The van der Waals surface area contributed by atoms with Gasteiger partial charge in [-0.3, -0.25) is 4.79 Å². The van der Waals surface area contributed by atoms with Crippen LogP contribution >= 0.6 is 23.1 Å². The molecule has 0 bridgehead atoms. The molecule has 0 atom stereocenters. The molecular weight excluding hydrogens is 402 g/mol. The first-order chi connectivity index (χ1) is 14.1. The summed E-state index contributed by atoms with van der Waals surface area (Å²) in [5, 5.41) is 10.3. The summed E-state index contributed by atoms with van der Waals surface area (Å²) >= 11 is 3.15. The van der Waals surface area contributed by atoms with E-state index in [1.165, 1.54) is 11.8 Å². The van der Waals surface area contributed by atoms with Crippen LogP contribution in [-0.4, -0.2) is 31.7 Å². The Labute approximate surface area is 177 Å². The third-order valence-corrected chi connectivity index (χ3v) is 6.24. The van der Waals surface area contributed by atoms with Crippen molar-refractivity contribution in [2.45, 2.75) is 31.8 Å². The zero-order valence-corrected chi connectivity index (χ0v) is 18.1. The van der Waals surface area contributed by atoms with Crippen molar-refractivity contribution in [2.24, 2.45) is 0 Å². The number of hydrogen-bond acceptors (Lipinski definition) is 6. The molecule has 0 saturated heterocycles. The van der Waals surface area contributed by atoms with Gasteiger partial charge >= 0.3 is 0 Å². The molecule has 1 N–H and O–H groups in total. The summed E-state index contributed by atoms with van der Waals surface area (Å²) in [6, 6.07) is 12.0. The predicted octanol–water partition coefficient (Wildman–Crippen LogP) is 4.76. The Kier molecular flexibility index (Phi) is 5.64. The molecule has 0 spiro atoms. The molecular formula is C21H21N5OS2. The molecule has 0 radical (unpaired) electrons. The molecule has 29 heavy (non-hydrogen) atoms. The maximum absolute atomic E-state index is 12.7. The van der Waals surface area contributed by atoms with Crippen molar-refractivity contribution in [1.82, 2.24) is 19.6 Å². The molecule has 1 amide bonds. The second-order valence-electron chi connectivity index (χ2n) is 6.64. The Bertz CT molecular complexity index is 1170. The molecule has 1 aromatic carbocycles. The van der Waals surface area contributed by atoms with E-state index in [2.05, 4.69) is 26.4 Å². The van der Waals surface area contributed by atoms with Gasteiger partial charge in [0.25, 0.3) is 5.78 Å². The van der Waals surface area contributed by atoms with Crippen molar-refractivity contribution in [3.05, 3.63) is 58.7 Å². The molecule has 3 aromatic heterocycles. The first kappa shape index (κ1) is 19.6. The molecule has 4 rings (SSSR count). The average Bonchev–Trinajstić information content (AvgIpc) is 3.38. The van der Waals surface area contributed by atoms with Crippen molar-refractivity contribution in [3.8, 4) is 10.4 Å². The third-order valence-electron chi connectivity index (χ3n) is 4.80. The summed E-state index contributed by atoms with van der Waals surface area (Å²) in [6.45, 7) is 3.96. The lowest BCUT2D eigenvalue weighted by atomic mass is 10.1. The minimum atomic E-state index is -0.0173. The van der Waals surface area contributed by atoms with Crippen LogP contribution in [-0.2, 0) is 11.2 Å². The van der Waals surface area contributed by atoms with Gasteiger partial charge in [-0.25, -0.2) is 9.50 Å². The van der Waals surface area contributed by atoms with Crippen LogP contribution in [0.2, 0.25) is 0 Å². The lowest BCUT2D eigenvalue weighted by Gasteiger charge is -2.12. The SMILES string of the molecule is CSc1nc2nc(C)c(CCC(=O)Nc3ccccc3-c3cccs3)c(C)n2n1. The van der Waals surface area contributed by atoms with Gasteiger partial charge in [0.15, 0.2) is 0 Å². The molecule has 0 aliphatic carbocycles. The average molecular weight is 424 g/mol.